The van der Waals surface area contributed by atoms with Crippen molar-refractivity contribution in [1.29, 1.82) is 0 Å². The Bertz CT molecular complexity index is 202. The van der Waals surface area contributed by atoms with Gasteiger partial charge < -0.3 is 0 Å². The molecule has 0 spiro atoms. The lowest BCUT2D eigenvalue weighted by Gasteiger charge is -2.42. The molecule has 0 aliphatic heterocycles. The fraction of sp³-hybridized carbons (Fsp3) is 0.800. The van der Waals surface area contributed by atoms with Gasteiger partial charge in [-0.1, -0.05) is 50.6 Å². The van der Waals surface area contributed by atoms with Crippen molar-refractivity contribution in [2.75, 3.05) is 0 Å². The summed E-state index contributed by atoms with van der Waals surface area (Å²) in [5.74, 6) is 0. The molecule has 77 valence electrons. The molecule has 0 aliphatic carbocycles. The summed E-state index contributed by atoms with van der Waals surface area (Å²) >= 11 is 0. The minimum absolute atomic E-state index is 0.0625. The molecule has 0 amide bonds. The molecular weight excluding hydrogens is 204 g/mol. The average molecular weight is 230 g/mol. The van der Waals surface area contributed by atoms with E-state index in [-0.39, 0.29) is 8.31 Å². The first kappa shape index (κ1) is 13.4. The molecule has 13 heavy (non-hydrogen) atoms. The van der Waals surface area contributed by atoms with Gasteiger partial charge in [0.15, 0.2) is 0 Å². The summed E-state index contributed by atoms with van der Waals surface area (Å²) in [5, 5.41) is 1.72. The van der Waals surface area contributed by atoms with E-state index in [0.29, 0.717) is 0 Å². The molecule has 0 heterocycles. The third-order valence-corrected chi connectivity index (χ3v) is 40.3. The number of rotatable bonds is 3. The van der Waals surface area contributed by atoms with Crippen LogP contribution < -0.4 is 0 Å². The van der Waals surface area contributed by atoms with E-state index in [1.54, 1.807) is 5.20 Å². The van der Waals surface area contributed by atoms with Gasteiger partial charge in [-0.2, -0.15) is 0 Å². The Morgan fingerprint density at radius 1 is 1.08 bits per heavy atom. The molecule has 0 nitrogen and oxygen atoms in total. The lowest BCUT2D eigenvalue weighted by Crippen LogP contribution is -2.63. The van der Waals surface area contributed by atoms with Crippen LogP contribution in [0.25, 0.3) is 0 Å². The predicted molar refractivity (Wildman–Crippen MR) is 71.9 cm³/mol. The Balaban J connectivity index is 5.03. The summed E-state index contributed by atoms with van der Waals surface area (Å²) in [4.78, 5) is 0. The van der Waals surface area contributed by atoms with Crippen molar-refractivity contribution < 1.29 is 0 Å². The van der Waals surface area contributed by atoms with Crippen molar-refractivity contribution in [2.24, 2.45) is 0 Å². The van der Waals surface area contributed by atoms with Crippen LogP contribution >= 0.6 is 0 Å². The van der Waals surface area contributed by atoms with Crippen LogP contribution in [-0.2, 0) is 0 Å². The van der Waals surface area contributed by atoms with Gasteiger partial charge in [0.2, 0.25) is 0 Å². The van der Waals surface area contributed by atoms with Gasteiger partial charge in [-0.3, -0.25) is 0 Å². The summed E-state index contributed by atoms with van der Waals surface area (Å²) in [5.41, 5.74) is 0. The van der Waals surface area contributed by atoms with Gasteiger partial charge in [0.25, 0.3) is 0 Å². The summed E-state index contributed by atoms with van der Waals surface area (Å²) in [6, 6.07) is 0. The number of hydrogen-bond donors (Lipinski definition) is 0. The van der Waals surface area contributed by atoms with Crippen molar-refractivity contribution in [3.63, 3.8) is 0 Å². The van der Waals surface area contributed by atoms with Gasteiger partial charge in [-0.15, -0.1) is 0 Å². The smallest absolute Gasteiger partial charge is 0.0652 e. The van der Waals surface area contributed by atoms with E-state index in [1.807, 2.05) is 0 Å². The second-order valence-corrected chi connectivity index (χ2v) is 30.3. The minimum atomic E-state index is -1.05. The molecule has 0 unspecified atom stereocenters. The van der Waals surface area contributed by atoms with Crippen LogP contribution in [0, 0.1) is 0 Å². The zero-order chi connectivity index (χ0) is 10.9. The maximum absolute atomic E-state index is 2.61. The van der Waals surface area contributed by atoms with Crippen LogP contribution in [0.4, 0.5) is 0 Å². The predicted octanol–water partition coefficient (Wildman–Crippen LogP) is 3.82. The monoisotopic (exact) mass is 229 g/mol. The van der Waals surface area contributed by atoms with Gasteiger partial charge in [0.1, 0.15) is 0 Å². The van der Waals surface area contributed by atoms with Gasteiger partial charge in [0, 0.05) is 15.4 Å². The SMILES string of the molecule is C/C=C(\C)[Si](C)(C)[Si](C)(C)[Si](C)C. The molecule has 0 aromatic heterocycles. The molecule has 3 heteroatoms. The Hall–Kier alpha value is 0.391. The quantitative estimate of drug-likeness (QED) is 0.646. The Morgan fingerprint density at radius 3 is 1.69 bits per heavy atom. The highest BCUT2D eigenvalue weighted by atomic mass is 29.6. The second-order valence-electron chi connectivity index (χ2n) is 5.22. The summed E-state index contributed by atoms with van der Waals surface area (Å²) < 4.78 is 0. The second kappa shape index (κ2) is 4.28. The van der Waals surface area contributed by atoms with E-state index >= 15 is 0 Å². The lowest BCUT2D eigenvalue weighted by molar-refractivity contribution is 1.51. The first-order valence-corrected chi connectivity index (χ1v) is 15.6. The van der Waals surface area contributed by atoms with Crippen molar-refractivity contribution in [3.8, 4) is 0 Å². The van der Waals surface area contributed by atoms with Crippen LogP contribution in [0.5, 0.6) is 0 Å². The topological polar surface area (TPSA) is 0 Å². The van der Waals surface area contributed by atoms with Gasteiger partial charge >= 0.3 is 0 Å². The standard InChI is InChI=1S/C10H25Si3/c1-9-10(2)12(5,6)13(7,8)11(3)4/h9H,1-8H3/b10-9+. The Kier molecular flexibility index (Phi) is 4.40. The Morgan fingerprint density at radius 2 is 1.46 bits per heavy atom. The van der Waals surface area contributed by atoms with E-state index in [4.69, 9.17) is 0 Å². The average Bonchev–Trinajstić information content (AvgIpc) is 2.02. The maximum Gasteiger partial charge on any atom is 0.0652 e. The number of allylic oxidation sites excluding steroid dienone is 2. The summed E-state index contributed by atoms with van der Waals surface area (Å²) in [7, 11) is -2.03. The summed E-state index contributed by atoms with van der Waals surface area (Å²) in [6.45, 7) is 19.9. The van der Waals surface area contributed by atoms with E-state index in [0.717, 1.165) is 0 Å². The van der Waals surface area contributed by atoms with Crippen molar-refractivity contribution in [2.45, 2.75) is 53.1 Å². The largest absolute Gasteiger partial charge is 0.0929 e. The Labute approximate surface area is 87.7 Å². The van der Waals surface area contributed by atoms with Crippen LogP contribution in [0.1, 0.15) is 13.8 Å². The van der Waals surface area contributed by atoms with Crippen LogP contribution in [-0.4, -0.2) is 23.0 Å². The molecule has 0 saturated carbocycles. The van der Waals surface area contributed by atoms with E-state index in [1.165, 1.54) is 0 Å². The zero-order valence-electron chi connectivity index (χ0n) is 10.6. The van der Waals surface area contributed by atoms with Crippen molar-refractivity contribution in [1.82, 2.24) is 0 Å². The highest BCUT2D eigenvalue weighted by molar-refractivity contribution is 7.65. The van der Waals surface area contributed by atoms with E-state index < -0.39 is 14.7 Å². The third kappa shape index (κ3) is 2.45. The molecule has 0 bridgehead atoms. The van der Waals surface area contributed by atoms with E-state index in [9.17, 15) is 0 Å². The zero-order valence-corrected chi connectivity index (χ0v) is 13.6. The molecule has 0 N–H and O–H groups in total. The van der Waals surface area contributed by atoms with Crippen molar-refractivity contribution >= 4 is 23.0 Å². The van der Waals surface area contributed by atoms with Crippen LogP contribution in [0.3, 0.4) is 0 Å². The highest BCUT2D eigenvalue weighted by Crippen LogP contribution is 2.28. The molecule has 0 aromatic rings. The molecule has 0 aliphatic rings. The summed E-state index contributed by atoms with van der Waals surface area (Å²) in [6.07, 6.45) is 2.35. The third-order valence-electron chi connectivity index (χ3n) is 4.23. The number of hydrogen-bond acceptors (Lipinski definition) is 0. The highest BCUT2D eigenvalue weighted by Gasteiger charge is 2.44. The van der Waals surface area contributed by atoms with E-state index in [2.05, 4.69) is 59.2 Å². The molecule has 0 fully saturated rings. The molecule has 0 aromatic carbocycles. The van der Waals surface area contributed by atoms with Gasteiger partial charge in [0.05, 0.1) is 7.59 Å². The van der Waals surface area contributed by atoms with Crippen LogP contribution in [0.2, 0.25) is 39.3 Å². The first-order chi connectivity index (χ1) is 5.67. The van der Waals surface area contributed by atoms with Gasteiger partial charge in [-0.05, 0) is 13.8 Å². The first-order valence-electron chi connectivity index (χ1n) is 5.12. The fourth-order valence-corrected chi connectivity index (χ4v) is 24.6. The maximum atomic E-state index is 2.61. The normalized spacial score (nSPS) is 15.3. The van der Waals surface area contributed by atoms with Gasteiger partial charge in [-0.25, -0.2) is 0 Å². The molecule has 0 saturated heterocycles. The lowest BCUT2D eigenvalue weighted by atomic mass is 10.6. The molecular formula is C10H25Si3. The van der Waals surface area contributed by atoms with Crippen LogP contribution in [0.15, 0.2) is 11.3 Å². The molecule has 0 rings (SSSR count). The minimum Gasteiger partial charge on any atom is -0.0929 e. The molecule has 0 atom stereocenters. The van der Waals surface area contributed by atoms with Crippen molar-refractivity contribution in [3.05, 3.63) is 11.3 Å². The fourth-order valence-electron chi connectivity index (χ4n) is 1.48. The molecule has 1 radical (unpaired) electrons.